The van der Waals surface area contributed by atoms with Gasteiger partial charge < -0.3 is 9.47 Å². The Hall–Kier alpha value is -0.580. The summed E-state index contributed by atoms with van der Waals surface area (Å²) < 4.78 is 13.1. The number of hydrogen-bond acceptors (Lipinski definition) is 2. The van der Waals surface area contributed by atoms with E-state index < -0.39 is 5.79 Å². The normalized spacial score (nSPS) is 25.2. The van der Waals surface area contributed by atoms with Crippen molar-refractivity contribution in [3.05, 3.63) is 68.1 Å². The SMILES string of the molecule is CC1COC(c2ccc(Br)cc2)(c2ccc(Cl)cc2Cl)O1. The molecule has 1 saturated heterocycles. The van der Waals surface area contributed by atoms with Crippen LogP contribution in [0.5, 0.6) is 0 Å². The minimum Gasteiger partial charge on any atom is -0.339 e. The van der Waals surface area contributed by atoms with Crippen LogP contribution in [0.4, 0.5) is 0 Å². The molecule has 0 radical (unpaired) electrons. The molecule has 0 saturated carbocycles. The maximum Gasteiger partial charge on any atom is 0.224 e. The molecule has 2 nitrogen and oxygen atoms in total. The lowest BCUT2D eigenvalue weighted by molar-refractivity contribution is -0.140. The number of halogens is 3. The highest BCUT2D eigenvalue weighted by molar-refractivity contribution is 9.10. The van der Waals surface area contributed by atoms with Gasteiger partial charge in [-0.3, -0.25) is 0 Å². The van der Waals surface area contributed by atoms with Gasteiger partial charge in [0.15, 0.2) is 0 Å². The van der Waals surface area contributed by atoms with Crippen molar-refractivity contribution in [1.82, 2.24) is 0 Å². The van der Waals surface area contributed by atoms with Crippen molar-refractivity contribution in [2.75, 3.05) is 6.61 Å². The lowest BCUT2D eigenvalue weighted by Crippen LogP contribution is -2.29. The molecule has 0 bridgehead atoms. The quantitative estimate of drug-likeness (QED) is 0.687. The van der Waals surface area contributed by atoms with Crippen LogP contribution in [0, 0.1) is 0 Å². The standard InChI is InChI=1S/C16H13BrCl2O2/c1-10-9-20-16(21-10,11-2-4-12(17)5-3-11)14-7-6-13(18)8-15(14)19/h2-8,10H,9H2,1H3. The van der Waals surface area contributed by atoms with Gasteiger partial charge in [-0.05, 0) is 31.2 Å². The Morgan fingerprint density at radius 3 is 2.43 bits per heavy atom. The van der Waals surface area contributed by atoms with Gasteiger partial charge in [0.2, 0.25) is 5.79 Å². The van der Waals surface area contributed by atoms with Crippen molar-refractivity contribution in [2.45, 2.75) is 18.8 Å². The fraction of sp³-hybridized carbons (Fsp3) is 0.250. The Bertz CT molecular complexity index is 660. The third kappa shape index (κ3) is 2.86. The van der Waals surface area contributed by atoms with Crippen molar-refractivity contribution < 1.29 is 9.47 Å². The predicted molar refractivity (Wildman–Crippen MR) is 87.9 cm³/mol. The van der Waals surface area contributed by atoms with Crippen LogP contribution in [0.1, 0.15) is 18.1 Å². The van der Waals surface area contributed by atoms with Crippen LogP contribution in [-0.4, -0.2) is 12.7 Å². The van der Waals surface area contributed by atoms with Crippen LogP contribution in [-0.2, 0) is 15.3 Å². The first kappa shape index (κ1) is 15.3. The van der Waals surface area contributed by atoms with Gasteiger partial charge >= 0.3 is 0 Å². The minimum atomic E-state index is -0.984. The lowest BCUT2D eigenvalue weighted by atomic mass is 9.97. The Labute approximate surface area is 142 Å². The average molecular weight is 388 g/mol. The molecule has 2 aromatic carbocycles. The van der Waals surface area contributed by atoms with Gasteiger partial charge in [-0.1, -0.05) is 57.3 Å². The molecule has 1 aliphatic rings. The summed E-state index contributed by atoms with van der Waals surface area (Å²) in [5.74, 6) is -0.984. The smallest absolute Gasteiger partial charge is 0.224 e. The molecule has 2 atom stereocenters. The van der Waals surface area contributed by atoms with Crippen LogP contribution in [0.25, 0.3) is 0 Å². The van der Waals surface area contributed by atoms with Gasteiger partial charge in [-0.2, -0.15) is 0 Å². The number of rotatable bonds is 2. The van der Waals surface area contributed by atoms with E-state index in [1.165, 1.54) is 0 Å². The first-order chi connectivity index (χ1) is 10.0. The van der Waals surface area contributed by atoms with E-state index >= 15 is 0 Å². The highest BCUT2D eigenvalue weighted by Crippen LogP contribution is 2.44. The van der Waals surface area contributed by atoms with Gasteiger partial charge in [0.05, 0.1) is 17.7 Å². The zero-order chi connectivity index (χ0) is 15.0. The zero-order valence-electron chi connectivity index (χ0n) is 11.3. The maximum atomic E-state index is 6.37. The monoisotopic (exact) mass is 386 g/mol. The molecular formula is C16H13BrCl2O2. The van der Waals surface area contributed by atoms with Gasteiger partial charge in [-0.25, -0.2) is 0 Å². The van der Waals surface area contributed by atoms with E-state index in [2.05, 4.69) is 15.9 Å². The molecule has 1 heterocycles. The van der Waals surface area contributed by atoms with Gasteiger partial charge in [0.25, 0.3) is 0 Å². The van der Waals surface area contributed by atoms with Crippen LogP contribution < -0.4 is 0 Å². The fourth-order valence-electron chi connectivity index (χ4n) is 2.46. The second-order valence-corrected chi connectivity index (χ2v) is 6.75. The van der Waals surface area contributed by atoms with Crippen LogP contribution in [0.3, 0.4) is 0 Å². The maximum absolute atomic E-state index is 6.37. The van der Waals surface area contributed by atoms with Crippen LogP contribution in [0.2, 0.25) is 10.0 Å². The lowest BCUT2D eigenvalue weighted by Gasteiger charge is -2.29. The van der Waals surface area contributed by atoms with Crippen molar-refractivity contribution in [2.24, 2.45) is 0 Å². The Morgan fingerprint density at radius 1 is 1.14 bits per heavy atom. The second-order valence-electron chi connectivity index (χ2n) is 4.99. The summed E-state index contributed by atoms with van der Waals surface area (Å²) in [6, 6.07) is 13.2. The van der Waals surface area contributed by atoms with E-state index in [-0.39, 0.29) is 6.10 Å². The molecule has 21 heavy (non-hydrogen) atoms. The Kier molecular flexibility index (Phi) is 4.30. The Balaban J connectivity index is 2.15. The first-order valence-corrected chi connectivity index (χ1v) is 8.09. The molecule has 2 aromatic rings. The van der Waals surface area contributed by atoms with E-state index in [4.69, 9.17) is 32.7 Å². The molecule has 0 N–H and O–H groups in total. The molecule has 0 aromatic heterocycles. The van der Waals surface area contributed by atoms with Crippen molar-refractivity contribution >= 4 is 39.1 Å². The summed E-state index contributed by atoms with van der Waals surface area (Å²) in [5.41, 5.74) is 1.67. The van der Waals surface area contributed by atoms with E-state index in [9.17, 15) is 0 Å². The van der Waals surface area contributed by atoms with Gasteiger partial charge in [0, 0.05) is 20.6 Å². The summed E-state index contributed by atoms with van der Waals surface area (Å²) in [5, 5.41) is 1.11. The van der Waals surface area contributed by atoms with E-state index in [1.54, 1.807) is 12.1 Å². The minimum absolute atomic E-state index is 0.0135. The summed E-state index contributed by atoms with van der Waals surface area (Å²) >= 11 is 15.8. The van der Waals surface area contributed by atoms with E-state index in [0.717, 1.165) is 15.6 Å². The largest absolute Gasteiger partial charge is 0.339 e. The molecule has 1 fully saturated rings. The van der Waals surface area contributed by atoms with Gasteiger partial charge in [-0.15, -0.1) is 0 Å². The molecule has 1 aliphatic heterocycles. The highest BCUT2D eigenvalue weighted by atomic mass is 79.9. The molecule has 2 unspecified atom stereocenters. The van der Waals surface area contributed by atoms with Crippen molar-refractivity contribution in [3.63, 3.8) is 0 Å². The molecule has 0 aliphatic carbocycles. The number of ether oxygens (including phenoxy) is 2. The molecule has 3 rings (SSSR count). The summed E-state index contributed by atoms with van der Waals surface area (Å²) in [7, 11) is 0. The number of hydrogen-bond donors (Lipinski definition) is 0. The topological polar surface area (TPSA) is 18.5 Å². The summed E-state index contributed by atoms with van der Waals surface area (Å²) in [6.07, 6.45) is -0.0135. The van der Waals surface area contributed by atoms with E-state index in [0.29, 0.717) is 16.7 Å². The van der Waals surface area contributed by atoms with Crippen LogP contribution in [0.15, 0.2) is 46.9 Å². The third-order valence-corrected chi connectivity index (χ3v) is 4.47. The van der Waals surface area contributed by atoms with Gasteiger partial charge in [0.1, 0.15) is 0 Å². The highest BCUT2D eigenvalue weighted by Gasteiger charge is 2.44. The van der Waals surface area contributed by atoms with Crippen molar-refractivity contribution in [1.29, 1.82) is 0 Å². The second kappa shape index (κ2) is 5.90. The zero-order valence-corrected chi connectivity index (χ0v) is 14.4. The summed E-state index contributed by atoms with van der Waals surface area (Å²) in [6.45, 7) is 2.49. The molecule has 0 spiro atoms. The predicted octanol–water partition coefficient (Wildman–Crippen LogP) is 5.39. The fourth-order valence-corrected chi connectivity index (χ4v) is 3.26. The van der Waals surface area contributed by atoms with Crippen molar-refractivity contribution in [3.8, 4) is 0 Å². The molecule has 5 heteroatoms. The third-order valence-electron chi connectivity index (χ3n) is 3.40. The van der Waals surface area contributed by atoms with E-state index in [1.807, 2.05) is 37.3 Å². The summed E-state index contributed by atoms with van der Waals surface area (Å²) in [4.78, 5) is 0. The number of benzene rings is 2. The average Bonchev–Trinajstić information content (AvgIpc) is 2.82. The molecule has 110 valence electrons. The van der Waals surface area contributed by atoms with Crippen LogP contribution >= 0.6 is 39.1 Å². The Morgan fingerprint density at radius 2 is 1.86 bits per heavy atom. The molecular weight excluding hydrogens is 375 g/mol. The first-order valence-electron chi connectivity index (χ1n) is 6.54. The molecule has 0 amide bonds.